The Hall–Kier alpha value is -2.81. The van der Waals surface area contributed by atoms with Gasteiger partial charge < -0.3 is 10.3 Å². The molecule has 3 rings (SSSR count). The molecule has 0 aliphatic heterocycles. The number of nitrogens with zero attached hydrogens (tertiary/aromatic N) is 2. The van der Waals surface area contributed by atoms with E-state index < -0.39 is 11.2 Å². The second-order valence-corrected chi connectivity index (χ2v) is 6.36. The third kappa shape index (κ3) is 3.66. The van der Waals surface area contributed by atoms with Gasteiger partial charge >= 0.3 is 5.69 Å². The van der Waals surface area contributed by atoms with Crippen molar-refractivity contribution in [2.45, 2.75) is 17.7 Å². The molecule has 0 spiro atoms. The van der Waals surface area contributed by atoms with E-state index in [0.29, 0.717) is 12.2 Å². The van der Waals surface area contributed by atoms with E-state index in [1.807, 2.05) is 30.5 Å². The van der Waals surface area contributed by atoms with Gasteiger partial charge in [-0.2, -0.15) is 0 Å². The third-order valence-corrected chi connectivity index (χ3v) is 4.47. The third-order valence-electron chi connectivity index (χ3n) is 3.75. The number of aromatic amines is 2. The van der Waals surface area contributed by atoms with Crippen LogP contribution in [0.2, 0.25) is 0 Å². The van der Waals surface area contributed by atoms with Gasteiger partial charge in [0.1, 0.15) is 11.3 Å². The summed E-state index contributed by atoms with van der Waals surface area (Å²) in [4.78, 5) is 45.8. The Labute approximate surface area is 146 Å². The fourth-order valence-electron chi connectivity index (χ4n) is 2.43. The quantitative estimate of drug-likeness (QED) is 0.593. The molecule has 8 nitrogen and oxygen atoms in total. The lowest BCUT2D eigenvalue weighted by Crippen LogP contribution is -2.28. The van der Waals surface area contributed by atoms with Crippen LogP contribution in [0.3, 0.4) is 0 Å². The fourth-order valence-corrected chi connectivity index (χ4v) is 2.89. The van der Waals surface area contributed by atoms with Gasteiger partial charge in [-0.05, 0) is 24.5 Å². The average molecular weight is 359 g/mol. The normalized spacial score (nSPS) is 11.0. The topological polar surface area (TPSA) is 113 Å². The van der Waals surface area contributed by atoms with Crippen molar-refractivity contribution in [2.24, 2.45) is 7.05 Å². The molecule has 25 heavy (non-hydrogen) atoms. The Morgan fingerprint density at radius 2 is 2.12 bits per heavy atom. The zero-order chi connectivity index (χ0) is 18.0. The number of hydrogen-bond donors (Lipinski definition) is 3. The number of carbonyl (C=O) groups is 1. The molecule has 3 aromatic rings. The second-order valence-electron chi connectivity index (χ2n) is 5.48. The predicted molar refractivity (Wildman–Crippen MR) is 97.1 cm³/mol. The van der Waals surface area contributed by atoms with Gasteiger partial charge in [-0.25, -0.2) is 9.78 Å². The van der Waals surface area contributed by atoms with Crippen molar-refractivity contribution >= 4 is 34.5 Å². The number of anilines is 1. The first kappa shape index (κ1) is 17.0. The molecule has 9 heteroatoms. The molecule has 3 N–H and O–H groups in total. The van der Waals surface area contributed by atoms with Gasteiger partial charge in [-0.3, -0.25) is 19.1 Å². The van der Waals surface area contributed by atoms with Crippen LogP contribution in [0.15, 0.2) is 38.8 Å². The number of fused-ring (bicyclic) bond motifs is 1. The number of nitrogens with one attached hydrogen (secondary N) is 3. The van der Waals surface area contributed by atoms with Crippen LogP contribution in [-0.4, -0.2) is 31.7 Å². The summed E-state index contributed by atoms with van der Waals surface area (Å²) < 4.78 is 1.25. The number of amides is 1. The first-order valence-electron chi connectivity index (χ1n) is 7.59. The standard InChI is InChI=1S/C16H17N5O3S/c1-21-14-13(15(23)20-16(21)24)18-11(19-14)6-7-12(22)17-9-4-3-5-10(8-9)25-2/h3-5,8H,6-7H2,1-2H3,(H,17,22)(H,18,19)(H,20,23,24). The average Bonchev–Trinajstić information content (AvgIpc) is 3.03. The highest BCUT2D eigenvalue weighted by Crippen LogP contribution is 2.19. The monoisotopic (exact) mass is 359 g/mol. The van der Waals surface area contributed by atoms with E-state index in [1.54, 1.807) is 11.8 Å². The summed E-state index contributed by atoms with van der Waals surface area (Å²) in [7, 11) is 1.52. The Morgan fingerprint density at radius 3 is 2.88 bits per heavy atom. The SMILES string of the molecule is CSc1cccc(NC(=O)CCc2nc3c([nH]2)c(=O)[nH]c(=O)n3C)c1. The van der Waals surface area contributed by atoms with Crippen molar-refractivity contribution in [3.05, 3.63) is 50.9 Å². The molecule has 2 heterocycles. The molecular formula is C16H17N5O3S. The summed E-state index contributed by atoms with van der Waals surface area (Å²) in [6.07, 6.45) is 2.50. The van der Waals surface area contributed by atoms with Crippen LogP contribution in [0.25, 0.3) is 11.2 Å². The van der Waals surface area contributed by atoms with Crippen molar-refractivity contribution in [3.63, 3.8) is 0 Å². The number of hydrogen-bond acceptors (Lipinski definition) is 5. The van der Waals surface area contributed by atoms with Crippen molar-refractivity contribution in [1.29, 1.82) is 0 Å². The van der Waals surface area contributed by atoms with E-state index in [4.69, 9.17) is 0 Å². The molecule has 0 saturated heterocycles. The van der Waals surface area contributed by atoms with Crippen LogP contribution in [0.4, 0.5) is 5.69 Å². The Kier molecular flexibility index (Phi) is 4.75. The number of carbonyl (C=O) groups excluding carboxylic acids is 1. The van der Waals surface area contributed by atoms with Gasteiger partial charge in [0.05, 0.1) is 0 Å². The molecule has 1 amide bonds. The number of H-pyrrole nitrogens is 2. The predicted octanol–water partition coefficient (Wildman–Crippen LogP) is 1.24. The van der Waals surface area contributed by atoms with E-state index in [2.05, 4.69) is 20.3 Å². The molecular weight excluding hydrogens is 342 g/mol. The Balaban J connectivity index is 1.71. The van der Waals surface area contributed by atoms with Gasteiger partial charge in [0, 0.05) is 30.5 Å². The molecule has 0 aliphatic rings. The van der Waals surface area contributed by atoms with Crippen molar-refractivity contribution < 1.29 is 4.79 Å². The van der Waals surface area contributed by atoms with Crippen molar-refractivity contribution in [1.82, 2.24) is 19.5 Å². The van der Waals surface area contributed by atoms with Crippen LogP contribution >= 0.6 is 11.8 Å². The Morgan fingerprint density at radius 1 is 1.32 bits per heavy atom. The van der Waals surface area contributed by atoms with E-state index in [-0.39, 0.29) is 23.5 Å². The van der Waals surface area contributed by atoms with Crippen LogP contribution < -0.4 is 16.6 Å². The van der Waals surface area contributed by atoms with Crippen LogP contribution in [-0.2, 0) is 18.3 Å². The number of benzene rings is 1. The zero-order valence-corrected chi connectivity index (χ0v) is 14.6. The highest BCUT2D eigenvalue weighted by molar-refractivity contribution is 7.98. The van der Waals surface area contributed by atoms with Gasteiger partial charge in [0.25, 0.3) is 5.56 Å². The molecule has 2 aromatic heterocycles. The highest BCUT2D eigenvalue weighted by Gasteiger charge is 2.12. The molecule has 0 aliphatic carbocycles. The molecule has 0 saturated carbocycles. The van der Waals surface area contributed by atoms with Crippen LogP contribution in [0.1, 0.15) is 12.2 Å². The number of aromatic nitrogens is 4. The van der Waals surface area contributed by atoms with E-state index in [1.165, 1.54) is 11.6 Å². The lowest BCUT2D eigenvalue weighted by Gasteiger charge is -2.05. The highest BCUT2D eigenvalue weighted by atomic mass is 32.2. The number of rotatable bonds is 5. The van der Waals surface area contributed by atoms with Gasteiger partial charge in [-0.15, -0.1) is 11.8 Å². The minimum absolute atomic E-state index is 0.151. The van der Waals surface area contributed by atoms with Gasteiger partial charge in [0.15, 0.2) is 5.65 Å². The van der Waals surface area contributed by atoms with E-state index in [9.17, 15) is 14.4 Å². The summed E-state index contributed by atoms with van der Waals surface area (Å²) >= 11 is 1.60. The molecule has 0 unspecified atom stereocenters. The first-order chi connectivity index (χ1) is 12.0. The summed E-state index contributed by atoms with van der Waals surface area (Å²) in [6, 6.07) is 7.58. The summed E-state index contributed by atoms with van der Waals surface area (Å²) in [5, 5.41) is 2.84. The second kappa shape index (κ2) is 6.98. The summed E-state index contributed by atoms with van der Waals surface area (Å²) in [5.41, 5.74) is 0.194. The zero-order valence-electron chi connectivity index (χ0n) is 13.8. The molecule has 1 aromatic carbocycles. The van der Waals surface area contributed by atoms with Crippen LogP contribution in [0.5, 0.6) is 0 Å². The minimum Gasteiger partial charge on any atom is -0.336 e. The molecule has 130 valence electrons. The number of thioether (sulfide) groups is 1. The maximum atomic E-state index is 12.1. The summed E-state index contributed by atoms with van der Waals surface area (Å²) in [6.45, 7) is 0. The van der Waals surface area contributed by atoms with Crippen molar-refractivity contribution in [3.8, 4) is 0 Å². The molecule has 0 fully saturated rings. The Bertz CT molecular complexity index is 1050. The maximum absolute atomic E-state index is 12.1. The number of aryl methyl sites for hydroxylation is 2. The minimum atomic E-state index is -0.526. The summed E-state index contributed by atoms with van der Waals surface area (Å²) in [5.74, 6) is 0.330. The van der Waals surface area contributed by atoms with E-state index in [0.717, 1.165) is 10.6 Å². The fraction of sp³-hybridized carbons (Fsp3) is 0.250. The number of imidazole rings is 1. The van der Waals surface area contributed by atoms with Gasteiger partial charge in [-0.1, -0.05) is 6.07 Å². The first-order valence-corrected chi connectivity index (χ1v) is 8.82. The lowest BCUT2D eigenvalue weighted by atomic mass is 10.2. The van der Waals surface area contributed by atoms with E-state index >= 15 is 0 Å². The smallest absolute Gasteiger partial charge is 0.329 e. The van der Waals surface area contributed by atoms with Gasteiger partial charge in [0.2, 0.25) is 5.91 Å². The van der Waals surface area contributed by atoms with Crippen molar-refractivity contribution in [2.75, 3.05) is 11.6 Å². The molecule has 0 atom stereocenters. The maximum Gasteiger partial charge on any atom is 0.329 e. The molecule has 0 radical (unpaired) electrons. The van der Waals surface area contributed by atoms with Crippen LogP contribution in [0, 0.1) is 0 Å². The molecule has 0 bridgehead atoms. The largest absolute Gasteiger partial charge is 0.336 e. The lowest BCUT2D eigenvalue weighted by molar-refractivity contribution is -0.116.